The molecule has 106 valence electrons. The Morgan fingerprint density at radius 2 is 2.10 bits per heavy atom. The third-order valence-corrected chi connectivity index (χ3v) is 4.00. The van der Waals surface area contributed by atoms with Crippen molar-refractivity contribution in [3.63, 3.8) is 0 Å². The van der Waals surface area contributed by atoms with E-state index in [0.717, 1.165) is 29.2 Å². The summed E-state index contributed by atoms with van der Waals surface area (Å²) in [5.41, 5.74) is 7.23. The maximum atomic E-state index is 12.2. The first-order valence-corrected chi connectivity index (χ1v) is 7.53. The van der Waals surface area contributed by atoms with Gasteiger partial charge in [-0.15, -0.1) is 11.3 Å². The van der Waals surface area contributed by atoms with E-state index in [9.17, 15) is 4.79 Å². The molecule has 1 aromatic carbocycles. The van der Waals surface area contributed by atoms with Gasteiger partial charge in [0, 0.05) is 24.5 Å². The average Bonchev–Trinajstić information content (AvgIpc) is 2.92. The molecule has 1 amide bonds. The number of rotatable bonds is 6. The molecule has 20 heavy (non-hydrogen) atoms. The first-order valence-electron chi connectivity index (χ1n) is 6.65. The lowest BCUT2D eigenvalue weighted by Gasteiger charge is -2.16. The van der Waals surface area contributed by atoms with Crippen LogP contribution in [0.15, 0.2) is 35.7 Å². The Bertz CT molecular complexity index is 553. The van der Waals surface area contributed by atoms with Gasteiger partial charge >= 0.3 is 0 Å². The molecule has 1 aromatic heterocycles. The van der Waals surface area contributed by atoms with E-state index in [1.54, 1.807) is 23.3 Å². The second-order valence-electron chi connectivity index (χ2n) is 4.59. The molecule has 0 aliphatic heterocycles. The van der Waals surface area contributed by atoms with Crippen molar-refractivity contribution < 1.29 is 4.79 Å². The van der Waals surface area contributed by atoms with Crippen molar-refractivity contribution >= 4 is 22.9 Å². The van der Waals surface area contributed by atoms with E-state index in [1.807, 2.05) is 35.7 Å². The summed E-state index contributed by atoms with van der Waals surface area (Å²) in [6.07, 6.45) is 2.17. The second kappa shape index (κ2) is 7.17. The number of para-hydroxylation sites is 1. The van der Waals surface area contributed by atoms with E-state index >= 15 is 0 Å². The maximum absolute atomic E-state index is 12.2. The van der Waals surface area contributed by atoms with Gasteiger partial charge in [-0.25, -0.2) is 4.98 Å². The first kappa shape index (κ1) is 14.7. The van der Waals surface area contributed by atoms with Crippen LogP contribution in [-0.4, -0.2) is 24.5 Å². The average molecular weight is 289 g/mol. The Kier molecular flexibility index (Phi) is 5.26. The molecule has 0 unspecified atom stereocenters. The number of nitrogens with two attached hydrogens (primary N) is 1. The number of aromatic nitrogens is 1. The summed E-state index contributed by atoms with van der Waals surface area (Å²) in [5.74, 6) is 0.0480. The monoisotopic (exact) mass is 289 g/mol. The number of nitrogens with zero attached hydrogens (tertiary/aromatic N) is 2. The third kappa shape index (κ3) is 3.88. The predicted octanol–water partition coefficient (Wildman–Crippen LogP) is 2.24. The lowest BCUT2D eigenvalue weighted by atomic mass is 10.2. The van der Waals surface area contributed by atoms with Gasteiger partial charge in [0.15, 0.2) is 0 Å². The zero-order valence-corrected chi connectivity index (χ0v) is 12.4. The summed E-state index contributed by atoms with van der Waals surface area (Å²) >= 11 is 1.60. The zero-order valence-electron chi connectivity index (χ0n) is 11.6. The van der Waals surface area contributed by atoms with Gasteiger partial charge in [0.2, 0.25) is 5.91 Å². The Morgan fingerprint density at radius 1 is 1.35 bits per heavy atom. The van der Waals surface area contributed by atoms with E-state index in [-0.39, 0.29) is 5.91 Å². The molecule has 0 aliphatic rings. The zero-order chi connectivity index (χ0) is 14.4. The number of hydrogen-bond acceptors (Lipinski definition) is 4. The van der Waals surface area contributed by atoms with Crippen molar-refractivity contribution in [2.45, 2.75) is 19.3 Å². The van der Waals surface area contributed by atoms with Gasteiger partial charge in [-0.3, -0.25) is 4.79 Å². The summed E-state index contributed by atoms with van der Waals surface area (Å²) < 4.78 is 0. The predicted molar refractivity (Wildman–Crippen MR) is 83.0 cm³/mol. The molecule has 4 nitrogen and oxygen atoms in total. The fourth-order valence-electron chi connectivity index (χ4n) is 1.87. The lowest BCUT2D eigenvalue weighted by Crippen LogP contribution is -2.27. The van der Waals surface area contributed by atoms with Crippen molar-refractivity contribution in [2.24, 2.45) is 5.73 Å². The quantitative estimate of drug-likeness (QED) is 0.887. The van der Waals surface area contributed by atoms with E-state index in [0.29, 0.717) is 13.0 Å². The first-order chi connectivity index (χ1) is 9.70. The Balaban J connectivity index is 1.95. The number of benzene rings is 1. The molecule has 2 rings (SSSR count). The highest BCUT2D eigenvalue weighted by atomic mass is 32.1. The van der Waals surface area contributed by atoms with Gasteiger partial charge in [0.25, 0.3) is 0 Å². The molecule has 0 saturated heterocycles. The van der Waals surface area contributed by atoms with Crippen molar-refractivity contribution in [1.29, 1.82) is 0 Å². The molecular weight excluding hydrogens is 270 g/mol. The van der Waals surface area contributed by atoms with Gasteiger partial charge in [0.05, 0.1) is 17.1 Å². The van der Waals surface area contributed by atoms with Crippen LogP contribution in [0.5, 0.6) is 0 Å². The van der Waals surface area contributed by atoms with Crippen LogP contribution in [0.4, 0.5) is 5.69 Å². The summed E-state index contributed by atoms with van der Waals surface area (Å²) in [6, 6.07) is 9.63. The molecule has 2 aromatic rings. The van der Waals surface area contributed by atoms with Crippen LogP contribution in [0, 0.1) is 0 Å². The summed E-state index contributed by atoms with van der Waals surface area (Å²) in [6.45, 7) is 0.671. The van der Waals surface area contributed by atoms with E-state index in [4.69, 9.17) is 5.73 Å². The minimum atomic E-state index is 0.0480. The van der Waals surface area contributed by atoms with Crippen LogP contribution in [0.1, 0.15) is 17.1 Å². The topological polar surface area (TPSA) is 59.2 Å². The number of amides is 1. The number of carbonyl (C=O) groups is 1. The molecule has 0 saturated carbocycles. The Morgan fingerprint density at radius 3 is 2.80 bits per heavy atom. The third-order valence-electron chi connectivity index (χ3n) is 3.04. The highest BCUT2D eigenvalue weighted by molar-refractivity contribution is 7.09. The normalized spacial score (nSPS) is 10.5. The molecule has 0 atom stereocenters. The van der Waals surface area contributed by atoms with Crippen molar-refractivity contribution in [2.75, 3.05) is 18.5 Å². The van der Waals surface area contributed by atoms with Gasteiger partial charge in [0.1, 0.15) is 0 Å². The number of hydrogen-bond donors (Lipinski definition) is 1. The van der Waals surface area contributed by atoms with Crippen molar-refractivity contribution in [3.05, 3.63) is 46.4 Å². The molecule has 5 heteroatoms. The molecular formula is C15H19N3OS. The minimum absolute atomic E-state index is 0.0480. The number of carbonyl (C=O) groups excluding carboxylic acids is 1. The molecule has 0 spiro atoms. The summed E-state index contributed by atoms with van der Waals surface area (Å²) in [7, 11) is 1.79. The highest BCUT2D eigenvalue weighted by Gasteiger charge is 2.13. The van der Waals surface area contributed by atoms with Crippen LogP contribution in [0.2, 0.25) is 0 Å². The lowest BCUT2D eigenvalue weighted by molar-refractivity contribution is -0.117. The standard InChI is InChI=1S/C15H19N3OS/c1-18(13-6-3-2-4-7-13)15(19)10-12-11-20-14(17-12)8-5-9-16/h2-4,6-7,11H,5,8-10,16H2,1H3. The van der Waals surface area contributed by atoms with Gasteiger partial charge in [-0.1, -0.05) is 18.2 Å². The van der Waals surface area contributed by atoms with Crippen LogP contribution in [0.25, 0.3) is 0 Å². The van der Waals surface area contributed by atoms with E-state index in [2.05, 4.69) is 4.98 Å². The smallest absolute Gasteiger partial charge is 0.232 e. The molecule has 1 heterocycles. The van der Waals surface area contributed by atoms with Crippen molar-refractivity contribution in [3.8, 4) is 0 Å². The van der Waals surface area contributed by atoms with Gasteiger partial charge in [-0.05, 0) is 25.1 Å². The van der Waals surface area contributed by atoms with E-state index in [1.165, 1.54) is 0 Å². The van der Waals surface area contributed by atoms with Crippen LogP contribution in [0.3, 0.4) is 0 Å². The largest absolute Gasteiger partial charge is 0.330 e. The molecule has 0 radical (unpaired) electrons. The molecule has 0 fully saturated rings. The Labute approximate surface area is 123 Å². The Hall–Kier alpha value is -1.72. The molecule has 0 aliphatic carbocycles. The van der Waals surface area contributed by atoms with Gasteiger partial charge < -0.3 is 10.6 Å². The second-order valence-corrected chi connectivity index (χ2v) is 5.53. The van der Waals surface area contributed by atoms with Crippen LogP contribution in [-0.2, 0) is 17.6 Å². The maximum Gasteiger partial charge on any atom is 0.232 e. The number of anilines is 1. The molecule has 0 bridgehead atoms. The van der Waals surface area contributed by atoms with Gasteiger partial charge in [-0.2, -0.15) is 0 Å². The number of likely N-dealkylation sites (N-methyl/N-ethyl adjacent to an activating group) is 1. The summed E-state index contributed by atoms with van der Waals surface area (Å²) in [4.78, 5) is 18.4. The SMILES string of the molecule is CN(C(=O)Cc1csc(CCCN)n1)c1ccccc1. The fraction of sp³-hybridized carbons (Fsp3) is 0.333. The van der Waals surface area contributed by atoms with Crippen LogP contribution >= 0.6 is 11.3 Å². The minimum Gasteiger partial charge on any atom is -0.330 e. The van der Waals surface area contributed by atoms with E-state index < -0.39 is 0 Å². The van der Waals surface area contributed by atoms with Crippen LogP contribution < -0.4 is 10.6 Å². The highest BCUT2D eigenvalue weighted by Crippen LogP contribution is 2.15. The van der Waals surface area contributed by atoms with Crippen molar-refractivity contribution in [1.82, 2.24) is 4.98 Å². The fourth-order valence-corrected chi connectivity index (χ4v) is 2.71. The number of thiazole rings is 1. The number of aryl methyl sites for hydroxylation is 1. The molecule has 2 N–H and O–H groups in total. The summed E-state index contributed by atoms with van der Waals surface area (Å²) in [5, 5.41) is 3.02.